The summed E-state index contributed by atoms with van der Waals surface area (Å²) >= 11 is 1.35. The lowest BCUT2D eigenvalue weighted by Crippen LogP contribution is -2.19. The van der Waals surface area contributed by atoms with Gasteiger partial charge in [-0.15, -0.1) is 11.8 Å². The van der Waals surface area contributed by atoms with Gasteiger partial charge in [0.15, 0.2) is 9.84 Å². The van der Waals surface area contributed by atoms with Gasteiger partial charge in [0, 0.05) is 18.4 Å². The smallest absolute Gasteiger partial charge is 0.224 e. The highest BCUT2D eigenvalue weighted by Crippen LogP contribution is 2.28. The number of hydrogen-bond acceptors (Lipinski definition) is 5. The summed E-state index contributed by atoms with van der Waals surface area (Å²) in [5, 5.41) is 3.62. The molecule has 1 N–H and O–H groups in total. The van der Waals surface area contributed by atoms with E-state index in [2.05, 4.69) is 10.3 Å². The average Bonchev–Trinajstić information content (AvgIpc) is 2.70. The van der Waals surface area contributed by atoms with E-state index in [0.717, 1.165) is 12.8 Å². The first kappa shape index (κ1) is 20.9. The third-order valence-corrected chi connectivity index (χ3v) is 7.93. The molecule has 1 aliphatic carbocycles. The maximum absolute atomic E-state index is 12.4. The van der Waals surface area contributed by atoms with Gasteiger partial charge in [-0.25, -0.2) is 13.4 Å². The second kappa shape index (κ2) is 10.1. The van der Waals surface area contributed by atoms with Crippen molar-refractivity contribution in [3.05, 3.63) is 48.7 Å². The van der Waals surface area contributed by atoms with Crippen LogP contribution in [0.4, 0.5) is 5.69 Å². The predicted molar refractivity (Wildman–Crippen MR) is 113 cm³/mol. The first-order valence-corrected chi connectivity index (χ1v) is 12.3. The average molecular weight is 419 g/mol. The van der Waals surface area contributed by atoms with E-state index >= 15 is 0 Å². The van der Waals surface area contributed by atoms with E-state index in [4.69, 9.17) is 0 Å². The molecule has 0 spiro atoms. The zero-order chi connectivity index (χ0) is 19.8. The Hall–Kier alpha value is -1.86. The van der Waals surface area contributed by atoms with Crippen LogP contribution in [-0.2, 0) is 14.6 Å². The minimum absolute atomic E-state index is 0.0126. The van der Waals surface area contributed by atoms with Crippen molar-refractivity contribution in [1.82, 2.24) is 4.98 Å². The first-order valence-electron chi connectivity index (χ1n) is 9.70. The van der Waals surface area contributed by atoms with Crippen LogP contribution in [0.2, 0.25) is 0 Å². The highest BCUT2D eigenvalue weighted by Gasteiger charge is 2.18. The highest BCUT2D eigenvalue weighted by atomic mass is 32.2. The predicted octanol–water partition coefficient (Wildman–Crippen LogP) is 4.56. The Morgan fingerprint density at radius 1 is 1.07 bits per heavy atom. The monoisotopic (exact) mass is 418 g/mol. The highest BCUT2D eigenvalue weighted by molar-refractivity contribution is 8.00. The van der Waals surface area contributed by atoms with Gasteiger partial charge < -0.3 is 5.32 Å². The van der Waals surface area contributed by atoms with Crippen LogP contribution < -0.4 is 5.32 Å². The van der Waals surface area contributed by atoms with Crippen molar-refractivity contribution < 1.29 is 13.2 Å². The van der Waals surface area contributed by atoms with Gasteiger partial charge in [-0.3, -0.25) is 4.79 Å². The Labute approximate surface area is 171 Å². The van der Waals surface area contributed by atoms with E-state index < -0.39 is 9.84 Å². The molecule has 1 heterocycles. The van der Waals surface area contributed by atoms with Crippen LogP contribution in [0.5, 0.6) is 0 Å². The van der Waals surface area contributed by atoms with Gasteiger partial charge in [0.2, 0.25) is 5.91 Å². The largest absolute Gasteiger partial charge is 0.324 e. The van der Waals surface area contributed by atoms with Crippen molar-refractivity contribution in [3.63, 3.8) is 0 Å². The number of benzene rings is 1. The molecule has 0 bridgehead atoms. The number of rotatable bonds is 8. The van der Waals surface area contributed by atoms with Gasteiger partial charge in [0.1, 0.15) is 5.03 Å². The number of thioether (sulfide) groups is 1. The quantitative estimate of drug-likeness (QED) is 0.636. The van der Waals surface area contributed by atoms with Gasteiger partial charge in [-0.1, -0.05) is 37.5 Å². The van der Waals surface area contributed by atoms with Crippen molar-refractivity contribution in [2.24, 2.45) is 5.92 Å². The third kappa shape index (κ3) is 6.07. The number of carbonyl (C=O) groups excluding carboxylic acids is 1. The minimum Gasteiger partial charge on any atom is -0.324 e. The Morgan fingerprint density at radius 2 is 1.82 bits per heavy atom. The first-order chi connectivity index (χ1) is 13.5. The van der Waals surface area contributed by atoms with Crippen LogP contribution in [0.25, 0.3) is 0 Å². The summed E-state index contributed by atoms with van der Waals surface area (Å²) in [5.74, 6) is 0.879. The summed E-state index contributed by atoms with van der Waals surface area (Å²) in [7, 11) is -3.32. The number of carbonyl (C=O) groups is 1. The summed E-state index contributed by atoms with van der Waals surface area (Å²) in [4.78, 5) is 17.1. The summed E-state index contributed by atoms with van der Waals surface area (Å²) in [6.45, 7) is 0. The van der Waals surface area contributed by atoms with Crippen LogP contribution in [0.3, 0.4) is 0 Å². The molecule has 0 radical (unpaired) electrons. The normalized spacial score (nSPS) is 15.3. The lowest BCUT2D eigenvalue weighted by molar-refractivity contribution is -0.117. The SMILES string of the molecule is O=C(CC1CCCCC1)Nc1cccnc1SCCS(=O)(=O)c1ccccc1. The van der Waals surface area contributed by atoms with E-state index in [1.165, 1.54) is 31.0 Å². The molecular formula is C21H26N2O3S2. The Morgan fingerprint density at radius 3 is 2.57 bits per heavy atom. The van der Waals surface area contributed by atoms with Crippen molar-refractivity contribution >= 4 is 33.2 Å². The summed E-state index contributed by atoms with van der Waals surface area (Å²) in [6.07, 6.45) is 8.14. The molecule has 0 saturated heterocycles. The number of pyridine rings is 1. The summed E-state index contributed by atoms with van der Waals surface area (Å²) in [5.41, 5.74) is 0.658. The molecule has 1 aromatic heterocycles. The molecule has 2 aromatic rings. The Kier molecular flexibility index (Phi) is 7.50. The van der Waals surface area contributed by atoms with E-state index in [1.54, 1.807) is 42.6 Å². The summed E-state index contributed by atoms with van der Waals surface area (Å²) < 4.78 is 24.8. The molecule has 28 heavy (non-hydrogen) atoms. The zero-order valence-corrected chi connectivity index (χ0v) is 17.5. The van der Waals surface area contributed by atoms with Gasteiger partial charge in [-0.2, -0.15) is 0 Å². The Bertz CT molecular complexity index is 880. The molecule has 3 rings (SSSR count). The number of nitrogens with one attached hydrogen (secondary N) is 1. The van der Waals surface area contributed by atoms with Crippen LogP contribution >= 0.6 is 11.8 Å². The molecule has 1 amide bonds. The molecule has 5 nitrogen and oxygen atoms in total. The minimum atomic E-state index is -3.32. The van der Waals surface area contributed by atoms with Crippen molar-refractivity contribution in [3.8, 4) is 0 Å². The van der Waals surface area contributed by atoms with E-state index in [0.29, 0.717) is 33.7 Å². The lowest BCUT2D eigenvalue weighted by atomic mass is 9.87. The fourth-order valence-electron chi connectivity index (χ4n) is 3.45. The second-order valence-corrected chi connectivity index (χ2v) is 10.3. The van der Waals surface area contributed by atoms with Crippen LogP contribution in [0.15, 0.2) is 58.6 Å². The molecule has 7 heteroatoms. The molecule has 1 aromatic carbocycles. The van der Waals surface area contributed by atoms with E-state index in [1.807, 2.05) is 6.07 Å². The topological polar surface area (TPSA) is 76.1 Å². The number of aromatic nitrogens is 1. The number of hydrogen-bond donors (Lipinski definition) is 1. The van der Waals surface area contributed by atoms with E-state index in [9.17, 15) is 13.2 Å². The Balaban J connectivity index is 1.55. The molecule has 0 unspecified atom stereocenters. The van der Waals surface area contributed by atoms with Crippen molar-refractivity contribution in [2.45, 2.75) is 48.4 Å². The zero-order valence-electron chi connectivity index (χ0n) is 15.8. The lowest BCUT2D eigenvalue weighted by Gasteiger charge is -2.21. The van der Waals surface area contributed by atoms with Crippen LogP contribution in [0.1, 0.15) is 38.5 Å². The van der Waals surface area contributed by atoms with Gasteiger partial charge in [-0.05, 0) is 43.0 Å². The van der Waals surface area contributed by atoms with E-state index in [-0.39, 0.29) is 11.7 Å². The van der Waals surface area contributed by atoms with Gasteiger partial charge in [0.05, 0.1) is 16.3 Å². The molecule has 0 atom stereocenters. The maximum Gasteiger partial charge on any atom is 0.224 e. The molecule has 1 saturated carbocycles. The summed E-state index contributed by atoms with van der Waals surface area (Å²) in [6, 6.07) is 12.1. The van der Waals surface area contributed by atoms with Gasteiger partial charge in [0.25, 0.3) is 0 Å². The third-order valence-electron chi connectivity index (χ3n) is 4.94. The molecule has 1 fully saturated rings. The van der Waals surface area contributed by atoms with Gasteiger partial charge >= 0.3 is 0 Å². The number of amides is 1. The molecule has 1 aliphatic rings. The standard InChI is InChI=1S/C21H26N2O3S2/c24-20(16-17-8-3-1-4-9-17)23-19-12-7-13-22-21(19)27-14-15-28(25,26)18-10-5-2-6-11-18/h2,5-7,10-13,17H,1,3-4,8-9,14-16H2,(H,23,24). The van der Waals surface area contributed by atoms with Crippen molar-refractivity contribution in [2.75, 3.05) is 16.8 Å². The molecular weight excluding hydrogens is 392 g/mol. The number of anilines is 1. The number of sulfone groups is 1. The molecule has 150 valence electrons. The fourth-order valence-corrected chi connectivity index (χ4v) is 6.07. The number of nitrogens with zero attached hydrogens (tertiary/aromatic N) is 1. The van der Waals surface area contributed by atoms with Crippen LogP contribution in [-0.4, -0.2) is 30.8 Å². The fraction of sp³-hybridized carbons (Fsp3) is 0.429. The second-order valence-electron chi connectivity index (χ2n) is 7.09. The van der Waals surface area contributed by atoms with Crippen LogP contribution in [0, 0.1) is 5.92 Å². The molecule has 0 aliphatic heterocycles. The maximum atomic E-state index is 12.4. The van der Waals surface area contributed by atoms with Crippen molar-refractivity contribution in [1.29, 1.82) is 0 Å².